The summed E-state index contributed by atoms with van der Waals surface area (Å²) in [7, 11) is 0. The quantitative estimate of drug-likeness (QED) is 0.881. The maximum atomic E-state index is 11.0. The molecule has 1 heterocycles. The minimum absolute atomic E-state index is 0.0305. The Hall–Kier alpha value is -2.07. The molecule has 104 valence electrons. The Morgan fingerprint density at radius 2 is 1.95 bits per heavy atom. The van der Waals surface area contributed by atoms with Crippen molar-refractivity contribution in [1.82, 2.24) is 4.98 Å². The van der Waals surface area contributed by atoms with E-state index in [4.69, 9.17) is 16.7 Å². The van der Waals surface area contributed by atoms with Crippen LogP contribution in [-0.2, 0) is 0 Å². The van der Waals surface area contributed by atoms with Gasteiger partial charge in [0.25, 0.3) is 0 Å². The van der Waals surface area contributed by atoms with Crippen molar-refractivity contribution >= 4 is 29.1 Å². The smallest absolute Gasteiger partial charge is 0.337 e. The zero-order valence-electron chi connectivity index (χ0n) is 11.2. The summed E-state index contributed by atoms with van der Waals surface area (Å²) in [6, 6.07) is 9.35. The Bertz CT molecular complexity index is 624. The Kier molecular flexibility index (Phi) is 4.25. The number of carboxylic acids is 1. The molecule has 0 aliphatic carbocycles. The number of carbonyl (C=O) groups is 1. The highest BCUT2D eigenvalue weighted by molar-refractivity contribution is 6.33. The molecule has 0 fully saturated rings. The van der Waals surface area contributed by atoms with Crippen molar-refractivity contribution in [2.75, 3.05) is 5.32 Å². The van der Waals surface area contributed by atoms with E-state index in [2.05, 4.69) is 24.1 Å². The molecule has 1 aromatic carbocycles. The van der Waals surface area contributed by atoms with E-state index >= 15 is 0 Å². The zero-order chi connectivity index (χ0) is 14.7. The minimum atomic E-state index is -1.07. The number of aromatic nitrogens is 1. The number of hydrogen-bond acceptors (Lipinski definition) is 3. The van der Waals surface area contributed by atoms with E-state index in [1.165, 1.54) is 17.8 Å². The van der Waals surface area contributed by atoms with Gasteiger partial charge in [0.1, 0.15) is 5.82 Å². The summed E-state index contributed by atoms with van der Waals surface area (Å²) in [5, 5.41) is 12.2. The van der Waals surface area contributed by atoms with Crippen molar-refractivity contribution in [3.8, 4) is 0 Å². The first-order valence-corrected chi connectivity index (χ1v) is 6.61. The molecule has 0 saturated carbocycles. The molecule has 0 aliphatic rings. The highest BCUT2D eigenvalue weighted by Gasteiger charge is 2.10. The summed E-state index contributed by atoms with van der Waals surface area (Å²) >= 11 is 5.78. The van der Waals surface area contributed by atoms with E-state index in [0.29, 0.717) is 11.7 Å². The summed E-state index contributed by atoms with van der Waals surface area (Å²) in [4.78, 5) is 15.1. The predicted octanol–water partition coefficient (Wildman–Crippen LogP) is 4.30. The summed E-state index contributed by atoms with van der Waals surface area (Å²) in [6.45, 7) is 4.25. The third-order valence-corrected chi connectivity index (χ3v) is 3.24. The number of benzene rings is 1. The predicted molar refractivity (Wildman–Crippen MR) is 80.0 cm³/mol. The first-order chi connectivity index (χ1) is 9.47. The van der Waals surface area contributed by atoms with E-state index < -0.39 is 5.97 Å². The number of pyridine rings is 1. The van der Waals surface area contributed by atoms with Crippen LogP contribution < -0.4 is 5.32 Å². The summed E-state index contributed by atoms with van der Waals surface area (Å²) in [5.41, 5.74) is 2.12. The molecule has 4 nitrogen and oxygen atoms in total. The molecule has 0 spiro atoms. The highest BCUT2D eigenvalue weighted by Crippen LogP contribution is 2.22. The van der Waals surface area contributed by atoms with Crippen LogP contribution in [0.5, 0.6) is 0 Å². The maximum Gasteiger partial charge on any atom is 0.337 e. The fourth-order valence-corrected chi connectivity index (χ4v) is 1.95. The zero-order valence-corrected chi connectivity index (χ0v) is 12.0. The normalized spacial score (nSPS) is 10.6. The third-order valence-electron chi connectivity index (χ3n) is 2.94. The Morgan fingerprint density at radius 1 is 1.30 bits per heavy atom. The van der Waals surface area contributed by atoms with Gasteiger partial charge < -0.3 is 10.4 Å². The summed E-state index contributed by atoms with van der Waals surface area (Å²) in [6.07, 6.45) is 1.33. The molecule has 2 rings (SSSR count). The van der Waals surface area contributed by atoms with E-state index in [-0.39, 0.29) is 10.6 Å². The molecule has 0 saturated heterocycles. The second kappa shape index (κ2) is 5.92. The number of carboxylic acid groups (broad SMARTS) is 1. The van der Waals surface area contributed by atoms with E-state index in [1.54, 1.807) is 0 Å². The van der Waals surface area contributed by atoms with Crippen LogP contribution in [0.4, 0.5) is 11.5 Å². The van der Waals surface area contributed by atoms with Gasteiger partial charge in [-0.1, -0.05) is 37.6 Å². The van der Waals surface area contributed by atoms with Crippen LogP contribution in [0, 0.1) is 0 Å². The Labute approximate surface area is 122 Å². The molecule has 0 radical (unpaired) electrons. The van der Waals surface area contributed by atoms with Gasteiger partial charge in [-0.2, -0.15) is 0 Å². The Balaban J connectivity index is 2.21. The number of aromatic carboxylic acids is 1. The van der Waals surface area contributed by atoms with Crippen molar-refractivity contribution in [2.24, 2.45) is 0 Å². The average molecular weight is 291 g/mol. The lowest BCUT2D eigenvalue weighted by Gasteiger charge is -2.09. The van der Waals surface area contributed by atoms with Gasteiger partial charge >= 0.3 is 5.97 Å². The van der Waals surface area contributed by atoms with Gasteiger partial charge in [0, 0.05) is 11.9 Å². The van der Waals surface area contributed by atoms with Crippen LogP contribution >= 0.6 is 11.6 Å². The maximum absolute atomic E-state index is 11.0. The molecule has 5 heteroatoms. The van der Waals surface area contributed by atoms with Crippen molar-refractivity contribution in [1.29, 1.82) is 0 Å². The van der Waals surface area contributed by atoms with Gasteiger partial charge in [0.2, 0.25) is 0 Å². The van der Waals surface area contributed by atoms with Crippen molar-refractivity contribution in [3.63, 3.8) is 0 Å². The van der Waals surface area contributed by atoms with Crippen LogP contribution in [0.15, 0.2) is 36.5 Å². The largest absolute Gasteiger partial charge is 0.478 e. The second-order valence-electron chi connectivity index (χ2n) is 4.76. The molecule has 2 N–H and O–H groups in total. The lowest BCUT2D eigenvalue weighted by molar-refractivity contribution is 0.0697. The standard InChI is InChI=1S/C15H15ClN2O2/c1-9(2)10-3-5-11(6-4-10)18-14-7-12(15(19)20)13(16)8-17-14/h3-9H,1-2H3,(H,17,18)(H,19,20). The molecule has 1 aromatic heterocycles. The van der Waals surface area contributed by atoms with Crippen LogP contribution in [0.3, 0.4) is 0 Å². The number of nitrogens with zero attached hydrogens (tertiary/aromatic N) is 1. The van der Waals surface area contributed by atoms with Crippen LogP contribution in [0.1, 0.15) is 35.7 Å². The fraction of sp³-hybridized carbons (Fsp3) is 0.200. The van der Waals surface area contributed by atoms with Gasteiger partial charge in [-0.25, -0.2) is 9.78 Å². The third kappa shape index (κ3) is 3.27. The molecule has 0 aliphatic heterocycles. The van der Waals surface area contributed by atoms with Crippen molar-refractivity contribution in [2.45, 2.75) is 19.8 Å². The first-order valence-electron chi connectivity index (χ1n) is 6.23. The lowest BCUT2D eigenvalue weighted by atomic mass is 10.0. The SMILES string of the molecule is CC(C)c1ccc(Nc2cc(C(=O)O)c(Cl)cn2)cc1. The van der Waals surface area contributed by atoms with Gasteiger partial charge in [0.15, 0.2) is 0 Å². The fourth-order valence-electron chi connectivity index (χ4n) is 1.77. The molecular formula is C15H15ClN2O2. The summed E-state index contributed by atoms with van der Waals surface area (Å²) < 4.78 is 0. The number of rotatable bonds is 4. The molecule has 0 atom stereocenters. The monoisotopic (exact) mass is 290 g/mol. The lowest BCUT2D eigenvalue weighted by Crippen LogP contribution is -2.01. The molecule has 0 unspecified atom stereocenters. The van der Waals surface area contributed by atoms with Gasteiger partial charge in [-0.15, -0.1) is 0 Å². The van der Waals surface area contributed by atoms with E-state index in [1.807, 2.05) is 24.3 Å². The average Bonchev–Trinajstić information content (AvgIpc) is 2.41. The van der Waals surface area contributed by atoms with Crippen molar-refractivity contribution < 1.29 is 9.90 Å². The number of anilines is 2. The van der Waals surface area contributed by atoms with Crippen LogP contribution in [-0.4, -0.2) is 16.1 Å². The number of halogens is 1. The minimum Gasteiger partial charge on any atom is -0.478 e. The molecule has 0 bridgehead atoms. The molecule has 0 amide bonds. The van der Waals surface area contributed by atoms with Crippen LogP contribution in [0.2, 0.25) is 5.02 Å². The Morgan fingerprint density at radius 3 is 2.50 bits per heavy atom. The van der Waals surface area contributed by atoms with Crippen LogP contribution in [0.25, 0.3) is 0 Å². The van der Waals surface area contributed by atoms with E-state index in [0.717, 1.165) is 5.69 Å². The molecule has 2 aromatic rings. The first kappa shape index (κ1) is 14.3. The second-order valence-corrected chi connectivity index (χ2v) is 5.16. The van der Waals surface area contributed by atoms with Gasteiger partial charge in [-0.3, -0.25) is 0 Å². The number of hydrogen-bond donors (Lipinski definition) is 2. The molecule has 20 heavy (non-hydrogen) atoms. The topological polar surface area (TPSA) is 62.2 Å². The van der Waals surface area contributed by atoms with Gasteiger partial charge in [0.05, 0.1) is 10.6 Å². The highest BCUT2D eigenvalue weighted by atomic mass is 35.5. The number of nitrogens with one attached hydrogen (secondary N) is 1. The van der Waals surface area contributed by atoms with E-state index in [9.17, 15) is 4.79 Å². The molecular weight excluding hydrogens is 276 g/mol. The van der Waals surface area contributed by atoms with Crippen molar-refractivity contribution in [3.05, 3.63) is 52.7 Å². The summed E-state index contributed by atoms with van der Waals surface area (Å²) in [5.74, 6) is -0.156. The van der Waals surface area contributed by atoms with Gasteiger partial charge in [-0.05, 0) is 29.7 Å².